The molecule has 0 radical (unpaired) electrons. The van der Waals surface area contributed by atoms with Crippen LogP contribution in [0, 0.1) is 6.92 Å². The second-order valence-electron chi connectivity index (χ2n) is 7.24. The number of carbonyl (C=O) groups is 1. The second kappa shape index (κ2) is 6.12. The fraction of sp³-hybridized carbons (Fsp3) is 0.350. The standard InChI is InChI=1S/C20H23N5O/c1-12(2)19-18-15(11-17(26)22-20(18)24(4)23-19)14-10-13(3)6-7-16(14)25-9-5-8-21-25/h5-10,12,15H,11H2,1-4H3,(H,22,26). The molecule has 3 heterocycles. The maximum absolute atomic E-state index is 12.4. The molecule has 0 spiro atoms. The molecule has 1 unspecified atom stereocenters. The van der Waals surface area contributed by atoms with Gasteiger partial charge < -0.3 is 5.32 Å². The van der Waals surface area contributed by atoms with E-state index >= 15 is 0 Å². The zero-order chi connectivity index (χ0) is 18.4. The minimum atomic E-state index is -0.0380. The first kappa shape index (κ1) is 16.6. The van der Waals surface area contributed by atoms with Gasteiger partial charge >= 0.3 is 0 Å². The van der Waals surface area contributed by atoms with Gasteiger partial charge in [0.1, 0.15) is 5.82 Å². The van der Waals surface area contributed by atoms with Crippen molar-refractivity contribution in [1.29, 1.82) is 0 Å². The summed E-state index contributed by atoms with van der Waals surface area (Å²) in [5.41, 5.74) is 5.45. The normalized spacial score (nSPS) is 16.7. The summed E-state index contributed by atoms with van der Waals surface area (Å²) >= 11 is 0. The number of carbonyl (C=O) groups excluding carboxylic acids is 1. The van der Waals surface area contributed by atoms with Crippen LogP contribution in [0.25, 0.3) is 5.69 Å². The van der Waals surface area contributed by atoms with Crippen molar-refractivity contribution in [2.45, 2.75) is 39.0 Å². The van der Waals surface area contributed by atoms with Crippen molar-refractivity contribution in [1.82, 2.24) is 19.6 Å². The molecule has 3 aromatic rings. The Bertz CT molecular complexity index is 969. The monoisotopic (exact) mass is 349 g/mol. The smallest absolute Gasteiger partial charge is 0.226 e. The van der Waals surface area contributed by atoms with E-state index in [-0.39, 0.29) is 17.7 Å². The molecule has 2 aromatic heterocycles. The topological polar surface area (TPSA) is 64.7 Å². The number of hydrogen-bond donors (Lipinski definition) is 1. The third-order valence-electron chi connectivity index (χ3n) is 4.96. The van der Waals surface area contributed by atoms with E-state index in [4.69, 9.17) is 5.10 Å². The Morgan fingerprint density at radius 3 is 2.81 bits per heavy atom. The molecule has 0 saturated carbocycles. The zero-order valence-corrected chi connectivity index (χ0v) is 15.5. The summed E-state index contributed by atoms with van der Waals surface area (Å²) in [7, 11) is 1.89. The first-order valence-electron chi connectivity index (χ1n) is 8.93. The number of hydrogen-bond acceptors (Lipinski definition) is 3. The van der Waals surface area contributed by atoms with Crippen molar-refractivity contribution in [2.75, 3.05) is 5.32 Å². The summed E-state index contributed by atoms with van der Waals surface area (Å²) in [4.78, 5) is 12.4. The van der Waals surface area contributed by atoms with Gasteiger partial charge in [0.25, 0.3) is 0 Å². The number of nitrogens with one attached hydrogen (secondary N) is 1. The van der Waals surface area contributed by atoms with Gasteiger partial charge in [0.2, 0.25) is 5.91 Å². The highest BCUT2D eigenvalue weighted by Gasteiger charge is 2.34. The highest BCUT2D eigenvalue weighted by atomic mass is 16.1. The molecule has 6 heteroatoms. The van der Waals surface area contributed by atoms with Crippen molar-refractivity contribution < 1.29 is 4.79 Å². The molecule has 4 rings (SSSR count). The summed E-state index contributed by atoms with van der Waals surface area (Å²) < 4.78 is 3.66. The van der Waals surface area contributed by atoms with Crippen LogP contribution in [0.5, 0.6) is 0 Å². The van der Waals surface area contributed by atoms with Crippen LogP contribution in [-0.4, -0.2) is 25.5 Å². The molecule has 1 aliphatic rings. The van der Waals surface area contributed by atoms with E-state index in [1.165, 1.54) is 5.56 Å². The van der Waals surface area contributed by atoms with Gasteiger partial charge in [0, 0.05) is 37.3 Å². The van der Waals surface area contributed by atoms with E-state index < -0.39 is 0 Å². The molecule has 1 aliphatic heterocycles. The molecule has 1 N–H and O–H groups in total. The maximum Gasteiger partial charge on any atom is 0.226 e. The number of fused-ring (bicyclic) bond motifs is 1. The number of rotatable bonds is 3. The molecule has 134 valence electrons. The van der Waals surface area contributed by atoms with Gasteiger partial charge in [-0.15, -0.1) is 0 Å². The summed E-state index contributed by atoms with van der Waals surface area (Å²) in [6.45, 7) is 6.36. The number of benzene rings is 1. The van der Waals surface area contributed by atoms with Gasteiger partial charge in [-0.2, -0.15) is 10.2 Å². The van der Waals surface area contributed by atoms with Gasteiger partial charge in [-0.05, 0) is 30.5 Å². The molecule has 0 aliphatic carbocycles. The SMILES string of the molecule is Cc1ccc(-n2cccn2)c(C2CC(=O)Nc3c2c(C(C)C)nn3C)c1. The third kappa shape index (κ3) is 2.62. The Labute approximate surface area is 152 Å². The summed E-state index contributed by atoms with van der Waals surface area (Å²) in [5.74, 6) is 1.07. The molecular formula is C20H23N5O. The molecular weight excluding hydrogens is 326 g/mol. The molecule has 0 fully saturated rings. The summed E-state index contributed by atoms with van der Waals surface area (Å²) in [6, 6.07) is 8.24. The van der Waals surface area contributed by atoms with E-state index in [0.717, 1.165) is 28.3 Å². The zero-order valence-electron chi connectivity index (χ0n) is 15.5. The maximum atomic E-state index is 12.4. The molecule has 0 bridgehead atoms. The first-order valence-corrected chi connectivity index (χ1v) is 8.93. The first-order chi connectivity index (χ1) is 12.5. The quantitative estimate of drug-likeness (QED) is 0.787. The molecule has 1 aromatic carbocycles. The Kier molecular flexibility index (Phi) is 3.90. The number of anilines is 1. The average Bonchev–Trinajstić information content (AvgIpc) is 3.23. The van der Waals surface area contributed by atoms with E-state index in [0.29, 0.717) is 6.42 Å². The van der Waals surface area contributed by atoms with Gasteiger partial charge in [-0.3, -0.25) is 9.48 Å². The number of nitrogens with zero attached hydrogens (tertiary/aromatic N) is 4. The molecule has 1 amide bonds. The van der Waals surface area contributed by atoms with Crippen LogP contribution in [0.15, 0.2) is 36.7 Å². The predicted molar refractivity (Wildman–Crippen MR) is 101 cm³/mol. The Morgan fingerprint density at radius 2 is 2.12 bits per heavy atom. The summed E-state index contributed by atoms with van der Waals surface area (Å²) in [5, 5.41) is 12.1. The van der Waals surface area contributed by atoms with E-state index in [2.05, 4.69) is 49.4 Å². The Morgan fingerprint density at radius 1 is 1.31 bits per heavy atom. The molecule has 6 nitrogen and oxygen atoms in total. The molecule has 26 heavy (non-hydrogen) atoms. The van der Waals surface area contributed by atoms with Crippen LogP contribution in [0.4, 0.5) is 5.82 Å². The van der Waals surface area contributed by atoms with Crippen LogP contribution in [0.1, 0.15) is 54.5 Å². The van der Waals surface area contributed by atoms with Crippen LogP contribution < -0.4 is 5.32 Å². The fourth-order valence-electron chi connectivity index (χ4n) is 3.79. The van der Waals surface area contributed by atoms with Crippen molar-refractivity contribution in [3.63, 3.8) is 0 Å². The summed E-state index contributed by atoms with van der Waals surface area (Å²) in [6.07, 6.45) is 4.12. The third-order valence-corrected chi connectivity index (χ3v) is 4.96. The van der Waals surface area contributed by atoms with Crippen molar-refractivity contribution >= 4 is 11.7 Å². The lowest BCUT2D eigenvalue weighted by Crippen LogP contribution is -2.25. The van der Waals surface area contributed by atoms with Gasteiger partial charge in [-0.1, -0.05) is 31.5 Å². The van der Waals surface area contributed by atoms with Gasteiger partial charge in [0.15, 0.2) is 0 Å². The highest BCUT2D eigenvalue weighted by Crippen LogP contribution is 2.43. The van der Waals surface area contributed by atoms with Crippen LogP contribution in [0.2, 0.25) is 0 Å². The number of aryl methyl sites for hydroxylation is 2. The predicted octanol–water partition coefficient (Wildman–Crippen LogP) is 3.51. The Hall–Kier alpha value is -2.89. The van der Waals surface area contributed by atoms with Crippen molar-refractivity contribution in [3.05, 3.63) is 59.0 Å². The molecule has 0 saturated heterocycles. The number of amides is 1. The largest absolute Gasteiger partial charge is 0.311 e. The van der Waals surface area contributed by atoms with Crippen LogP contribution in [0.3, 0.4) is 0 Å². The average molecular weight is 349 g/mol. The fourth-order valence-corrected chi connectivity index (χ4v) is 3.79. The lowest BCUT2D eigenvalue weighted by molar-refractivity contribution is -0.116. The van der Waals surface area contributed by atoms with Crippen LogP contribution >= 0.6 is 0 Å². The molecule has 1 atom stereocenters. The van der Waals surface area contributed by atoms with E-state index in [1.807, 2.05) is 24.0 Å². The van der Waals surface area contributed by atoms with Gasteiger partial charge in [0.05, 0.1) is 11.4 Å². The lowest BCUT2D eigenvalue weighted by Gasteiger charge is -2.27. The number of aromatic nitrogens is 4. The second-order valence-corrected chi connectivity index (χ2v) is 7.24. The highest BCUT2D eigenvalue weighted by molar-refractivity contribution is 5.95. The van der Waals surface area contributed by atoms with Gasteiger partial charge in [-0.25, -0.2) is 4.68 Å². The minimum Gasteiger partial charge on any atom is -0.311 e. The van der Waals surface area contributed by atoms with Crippen molar-refractivity contribution in [2.24, 2.45) is 7.05 Å². The Balaban J connectivity index is 1.96. The lowest BCUT2D eigenvalue weighted by atomic mass is 9.82. The minimum absolute atomic E-state index is 0.0220. The van der Waals surface area contributed by atoms with Crippen molar-refractivity contribution in [3.8, 4) is 5.69 Å². The van der Waals surface area contributed by atoms with Crippen LogP contribution in [-0.2, 0) is 11.8 Å². The van der Waals surface area contributed by atoms with E-state index in [1.54, 1.807) is 10.9 Å². The van der Waals surface area contributed by atoms with E-state index in [9.17, 15) is 4.79 Å².